The van der Waals surface area contributed by atoms with Gasteiger partial charge in [-0.1, -0.05) is 173 Å². The average molecular weight is 1800 g/mol. The molecule has 28 heteroatoms. The molecule has 6 aromatic carbocycles. The molecule has 121 heavy (non-hydrogen) atoms. The van der Waals surface area contributed by atoms with Crippen molar-refractivity contribution < 1.29 is 157 Å². The maximum atomic E-state index is 9.87. The normalized spacial score (nSPS) is 9.57. The van der Waals surface area contributed by atoms with Crippen LogP contribution in [0.15, 0.2) is 297 Å². The molecular formula is C93H88Cl5KO20P2. The predicted molar refractivity (Wildman–Crippen MR) is 460 cm³/mol. The molecule has 20 nitrogen and oxygen atoms in total. The maximum Gasteiger partial charge on any atom is 1.00 e. The van der Waals surface area contributed by atoms with Gasteiger partial charge in [0.1, 0.15) is 63.9 Å². The molecule has 14 rings (SSSR count). The van der Waals surface area contributed by atoms with Crippen LogP contribution in [0.2, 0.25) is 15.7 Å². The zero-order chi connectivity index (χ0) is 86.9. The number of halogens is 5. The molecule has 0 saturated heterocycles. The van der Waals surface area contributed by atoms with E-state index in [4.69, 9.17) is 125 Å². The summed E-state index contributed by atoms with van der Waals surface area (Å²) in [6.07, 6.45) is 25.0. The standard InChI is InChI=1S/C26H26OP.C18H15P.C13H13ClO2.C11H9ClO2.C8H11ClO.C7H10O.C5H3ClO2.5CO2.ClH.K.H2O/c1-3-22-19-27-26(21(22)2)20-28(23-13-7-4-8-14-23,24-15-9-5-10-16-24)25-17-11-6-12-18-25;1-4-10-16(11-5-1)19(17-12-6-2-7-13-17)18-14-8-3-9-15-18;1-3-10-8-15-12(9(10)2)6-4-11-5-7-13(14)16-11;1-8-6-7-13-10(8)4-2-9-3-5-11(12)14-9;1-3-7-5-10-8(4-9)6(7)2;1-3-7-5-8-4-6(7)2;6-5-2-1-4(3-7)8-5;5*2-1-3;;;/h4-19H,3,20H2,1-2H3;1-15H;4-8H,3H2,1-2H3;2-7H,1H3;5H,3-4H2,1-2H3;4-5H,3H2,1-2H3;1-3H;;;;;;1H;;1H2/q+1;;;;;;;;;;;;;+1;/p-2/b;;6-4+;4-2+;;;;;;;;;;;. The molecular weight excluding hydrogens is 1720 g/mol. The number of hydrogen-bond acceptors (Lipinski definition) is 20. The Morgan fingerprint density at radius 3 is 0.950 bits per heavy atom. The molecule has 8 heterocycles. The zero-order valence-corrected chi connectivity index (χ0v) is 76.6. The molecule has 1 N–H and O–H groups in total. The van der Waals surface area contributed by atoms with Crippen molar-refractivity contribution in [3.8, 4) is 0 Å². The number of benzene rings is 6. The second-order valence-electron chi connectivity index (χ2n) is 23.9. The smallest absolute Gasteiger partial charge is 1.00 e. The molecule has 8 aromatic heterocycles. The number of aryl methyl sites for hydroxylation is 6. The monoisotopic (exact) mass is 1800 g/mol. The van der Waals surface area contributed by atoms with Crippen LogP contribution in [0.1, 0.15) is 123 Å². The molecule has 0 spiro atoms. The van der Waals surface area contributed by atoms with Gasteiger partial charge in [0.05, 0.1) is 43.5 Å². The van der Waals surface area contributed by atoms with E-state index >= 15 is 0 Å². The number of rotatable bonds is 18. The molecule has 14 aromatic rings. The van der Waals surface area contributed by atoms with E-state index in [0.717, 1.165) is 66.2 Å². The Morgan fingerprint density at radius 2 is 0.686 bits per heavy atom. The van der Waals surface area contributed by atoms with Gasteiger partial charge in [-0.25, -0.2) is 0 Å². The third-order valence-electron chi connectivity index (χ3n) is 16.9. The van der Waals surface area contributed by atoms with Crippen molar-refractivity contribution in [3.05, 3.63) is 368 Å². The van der Waals surface area contributed by atoms with Gasteiger partial charge in [0.2, 0.25) is 0 Å². The maximum absolute atomic E-state index is 9.87. The van der Waals surface area contributed by atoms with Gasteiger partial charge >= 0.3 is 82.1 Å². The fraction of sp³-hybridized carbons (Fsp3) is 0.161. The first-order chi connectivity index (χ1) is 57.2. The first kappa shape index (κ1) is 111. The summed E-state index contributed by atoms with van der Waals surface area (Å²) in [6.45, 7) is 18.9. The summed E-state index contributed by atoms with van der Waals surface area (Å²) in [5.41, 5.74) is 11.1. The van der Waals surface area contributed by atoms with Crippen LogP contribution in [0, 0.1) is 34.6 Å². The van der Waals surface area contributed by atoms with Crippen molar-refractivity contribution in [1.82, 2.24) is 0 Å². The van der Waals surface area contributed by atoms with Gasteiger partial charge in [-0.15, -0.1) is 11.6 Å². The van der Waals surface area contributed by atoms with Crippen molar-refractivity contribution in [2.75, 3.05) is 0 Å². The summed E-state index contributed by atoms with van der Waals surface area (Å²) < 4.78 is 42.0. The van der Waals surface area contributed by atoms with Gasteiger partial charge in [-0.2, -0.15) is 47.9 Å². The Kier molecular flexibility index (Phi) is 59.7. The molecule has 0 bridgehead atoms. The summed E-state index contributed by atoms with van der Waals surface area (Å²) in [6, 6.07) is 77.2. The Labute approximate surface area is 772 Å². The fourth-order valence-electron chi connectivity index (χ4n) is 11.0. The predicted octanol–water partition coefficient (Wildman–Crippen LogP) is 15.4. The van der Waals surface area contributed by atoms with E-state index in [2.05, 4.69) is 235 Å². The van der Waals surface area contributed by atoms with E-state index in [1.165, 1.54) is 88.5 Å². The van der Waals surface area contributed by atoms with Gasteiger partial charge in [-0.3, -0.25) is 4.79 Å². The fourth-order valence-corrected chi connectivity index (χ4v) is 18.2. The Morgan fingerprint density at radius 1 is 0.364 bits per heavy atom. The van der Waals surface area contributed by atoms with Crippen molar-refractivity contribution in [2.45, 2.75) is 100 Å². The van der Waals surface area contributed by atoms with Gasteiger partial charge in [0, 0.05) is 0 Å². The van der Waals surface area contributed by atoms with Crippen molar-refractivity contribution in [1.29, 1.82) is 0 Å². The summed E-state index contributed by atoms with van der Waals surface area (Å²) in [4.78, 5) is 91.1. The van der Waals surface area contributed by atoms with E-state index < -0.39 is 15.2 Å². The van der Waals surface area contributed by atoms with Crippen LogP contribution in [-0.4, -0.2) is 42.5 Å². The van der Waals surface area contributed by atoms with Crippen LogP contribution in [-0.2, 0) is 85.7 Å². The van der Waals surface area contributed by atoms with E-state index in [0.29, 0.717) is 28.4 Å². The third-order valence-corrected chi connectivity index (χ3v) is 24.5. The van der Waals surface area contributed by atoms with Crippen LogP contribution in [0.3, 0.4) is 0 Å². The van der Waals surface area contributed by atoms with Crippen LogP contribution in [0.25, 0.3) is 24.3 Å². The second kappa shape index (κ2) is 65.3. The van der Waals surface area contributed by atoms with Crippen LogP contribution in [0.5, 0.6) is 0 Å². The minimum absolute atomic E-state index is 0. The minimum atomic E-state index is -1.89. The third kappa shape index (κ3) is 38.9. The average Bonchev–Trinajstić information content (AvgIpc) is 1.60. The number of carbonyl (C=O) groups excluding carboxylic acids is 11. The summed E-state index contributed by atoms with van der Waals surface area (Å²) in [7, 11) is -2.34. The largest absolute Gasteiger partial charge is 1.00 e. The van der Waals surface area contributed by atoms with Crippen molar-refractivity contribution >= 4 is 155 Å². The van der Waals surface area contributed by atoms with E-state index in [1.807, 2.05) is 56.5 Å². The van der Waals surface area contributed by atoms with E-state index in [9.17, 15) is 4.79 Å². The van der Waals surface area contributed by atoms with Gasteiger partial charge in [-0.05, 0) is 272 Å². The van der Waals surface area contributed by atoms with Crippen molar-refractivity contribution in [3.63, 3.8) is 0 Å². The Bertz CT molecular complexity index is 5070. The van der Waals surface area contributed by atoms with E-state index in [-0.39, 0.29) is 111 Å². The van der Waals surface area contributed by atoms with E-state index in [1.54, 1.807) is 49.5 Å². The molecule has 0 aliphatic carbocycles. The Balaban J connectivity index is 0.00000139. The van der Waals surface area contributed by atoms with Crippen LogP contribution in [0.4, 0.5) is 0 Å². The number of carbonyl (C=O) groups is 1. The molecule has 0 aliphatic heterocycles. The van der Waals surface area contributed by atoms with Gasteiger partial charge < -0.3 is 53.2 Å². The molecule has 0 radical (unpaired) electrons. The minimum Gasteiger partial charge on any atom is -1.00 e. The molecule has 0 atom stereocenters. The summed E-state index contributed by atoms with van der Waals surface area (Å²) in [5, 5.41) is 9.39. The SMILES string of the molecule is CCc1coc(/C=C/c2ccc(Cl)o2)c1C.CCc1coc(CCl)c1C.CCc1coc(C[P+](c2ccccc2)(c2ccccc2)c2ccccc2)c1C.CCc1cocc1C.Cc1ccoc1/C=C/c1ccc(Cl)o1.O=C=O.O=C=O.O=C=O.O=C=O.O=C=O.O=Cc1ccc(Cl)o1.[Cl-].[K+].[OH-].c1ccc(P(c2ccccc2)c2ccccc2)cc1. The Hall–Kier alpha value is -10.5. The number of aldehydes is 1. The molecule has 0 fully saturated rings. The quantitative estimate of drug-likeness (QED) is 0.0333. The summed E-state index contributed by atoms with van der Waals surface area (Å²) in [5.74, 6) is 5.88. The zero-order valence-electron chi connectivity index (χ0n) is 67.9. The molecule has 0 saturated carbocycles. The summed E-state index contributed by atoms with van der Waals surface area (Å²) >= 11 is 22.2. The van der Waals surface area contributed by atoms with Gasteiger partial charge in [0.15, 0.2) is 27.7 Å². The topological polar surface area (TPSA) is 323 Å². The van der Waals surface area contributed by atoms with Crippen molar-refractivity contribution in [2.24, 2.45) is 0 Å². The molecule has 0 aliphatic rings. The van der Waals surface area contributed by atoms with Crippen LogP contribution < -0.4 is 95.6 Å². The second-order valence-corrected chi connectivity index (χ2v) is 31.0. The number of furan rings is 8. The van der Waals surface area contributed by atoms with Crippen LogP contribution >= 0.6 is 61.6 Å². The molecule has 626 valence electrons. The molecule has 0 amide bonds. The number of hydrogen-bond donors (Lipinski definition) is 0. The first-order valence-electron chi connectivity index (χ1n) is 36.0. The van der Waals surface area contributed by atoms with Gasteiger partial charge in [0.25, 0.3) is 0 Å². The number of alkyl halides is 1. The first-order valence-corrected chi connectivity index (χ1v) is 41.0. The molecule has 0 unspecified atom stereocenters.